The highest BCUT2D eigenvalue weighted by Crippen LogP contribution is 2.32. The standard InChI is InChI=1S/C15H28N2O2S/c1-14(2,3)19-13(18)17-15(7-4-8-15)11-16-12-5-9-20-10-6-12/h12,16H,4-11H2,1-3H3,(H,17,18). The number of alkyl carbamates (subject to hydrolysis) is 1. The summed E-state index contributed by atoms with van der Waals surface area (Å²) >= 11 is 2.04. The molecule has 1 saturated carbocycles. The molecular weight excluding hydrogens is 272 g/mol. The van der Waals surface area contributed by atoms with Gasteiger partial charge in [-0.25, -0.2) is 4.79 Å². The van der Waals surface area contributed by atoms with Gasteiger partial charge in [0.2, 0.25) is 0 Å². The second kappa shape index (κ2) is 6.56. The van der Waals surface area contributed by atoms with Crippen LogP contribution in [0.4, 0.5) is 4.79 Å². The summed E-state index contributed by atoms with van der Waals surface area (Å²) in [6, 6.07) is 0.620. The van der Waals surface area contributed by atoms with Gasteiger partial charge in [-0.3, -0.25) is 0 Å². The maximum Gasteiger partial charge on any atom is 0.408 e. The SMILES string of the molecule is CC(C)(C)OC(=O)NC1(CNC2CCSCC2)CCC1. The van der Waals surface area contributed by atoms with Crippen LogP contribution in [0, 0.1) is 0 Å². The third kappa shape index (κ3) is 4.85. The van der Waals surface area contributed by atoms with E-state index in [-0.39, 0.29) is 11.6 Å². The molecule has 2 N–H and O–H groups in total. The van der Waals surface area contributed by atoms with Crippen molar-refractivity contribution in [1.82, 2.24) is 10.6 Å². The van der Waals surface area contributed by atoms with Crippen LogP contribution in [0.3, 0.4) is 0 Å². The molecule has 0 unspecified atom stereocenters. The average Bonchev–Trinajstić information content (AvgIpc) is 2.31. The van der Waals surface area contributed by atoms with E-state index in [4.69, 9.17) is 4.74 Å². The molecule has 0 aromatic heterocycles. The molecule has 20 heavy (non-hydrogen) atoms. The van der Waals surface area contributed by atoms with Crippen molar-refractivity contribution in [3.63, 3.8) is 0 Å². The van der Waals surface area contributed by atoms with Crippen LogP contribution in [0.5, 0.6) is 0 Å². The van der Waals surface area contributed by atoms with Gasteiger partial charge in [-0.2, -0.15) is 11.8 Å². The van der Waals surface area contributed by atoms with E-state index in [0.717, 1.165) is 19.4 Å². The third-order valence-corrected chi connectivity index (χ3v) is 5.08. The zero-order valence-corrected chi connectivity index (χ0v) is 13.8. The van der Waals surface area contributed by atoms with Gasteiger partial charge in [0.05, 0.1) is 5.54 Å². The molecule has 1 heterocycles. The molecule has 0 bridgehead atoms. The molecule has 0 radical (unpaired) electrons. The highest BCUT2D eigenvalue weighted by molar-refractivity contribution is 7.99. The van der Waals surface area contributed by atoms with Crippen molar-refractivity contribution in [3.05, 3.63) is 0 Å². The fraction of sp³-hybridized carbons (Fsp3) is 0.933. The number of carbonyl (C=O) groups excluding carboxylic acids is 1. The Balaban J connectivity index is 1.78. The van der Waals surface area contributed by atoms with Crippen molar-refractivity contribution in [2.24, 2.45) is 0 Å². The molecule has 0 atom stereocenters. The summed E-state index contributed by atoms with van der Waals surface area (Å²) in [4.78, 5) is 12.0. The molecule has 5 heteroatoms. The zero-order valence-electron chi connectivity index (χ0n) is 13.0. The summed E-state index contributed by atoms with van der Waals surface area (Å²) < 4.78 is 5.38. The van der Waals surface area contributed by atoms with Gasteiger partial charge in [0, 0.05) is 12.6 Å². The summed E-state index contributed by atoms with van der Waals surface area (Å²) in [5.74, 6) is 2.51. The molecule has 1 saturated heterocycles. The number of thioether (sulfide) groups is 1. The number of hydrogen-bond donors (Lipinski definition) is 2. The number of ether oxygens (including phenoxy) is 1. The maximum atomic E-state index is 12.0. The van der Waals surface area contributed by atoms with Gasteiger partial charge in [-0.1, -0.05) is 0 Å². The van der Waals surface area contributed by atoms with Gasteiger partial charge >= 0.3 is 6.09 Å². The Morgan fingerprint density at radius 1 is 1.30 bits per heavy atom. The molecule has 0 aromatic rings. The maximum absolute atomic E-state index is 12.0. The molecule has 0 spiro atoms. The van der Waals surface area contributed by atoms with Crippen LogP contribution in [0.25, 0.3) is 0 Å². The van der Waals surface area contributed by atoms with Gasteiger partial charge in [0.25, 0.3) is 0 Å². The second-order valence-corrected chi connectivity index (χ2v) is 8.25. The largest absolute Gasteiger partial charge is 0.444 e. The van der Waals surface area contributed by atoms with Crippen LogP contribution in [0.15, 0.2) is 0 Å². The minimum Gasteiger partial charge on any atom is -0.444 e. The van der Waals surface area contributed by atoms with Crippen LogP contribution < -0.4 is 10.6 Å². The topological polar surface area (TPSA) is 50.4 Å². The molecule has 2 rings (SSSR count). The molecule has 1 aliphatic carbocycles. The predicted octanol–water partition coefficient (Wildman–Crippen LogP) is 2.92. The molecule has 116 valence electrons. The fourth-order valence-corrected chi connectivity index (χ4v) is 3.82. The predicted molar refractivity (Wildman–Crippen MR) is 84.3 cm³/mol. The Kier molecular flexibility index (Phi) is 5.24. The normalized spacial score (nSPS) is 22.9. The minimum absolute atomic E-state index is 0.0765. The molecule has 1 amide bonds. The van der Waals surface area contributed by atoms with Gasteiger partial charge in [-0.15, -0.1) is 0 Å². The first-order valence-electron chi connectivity index (χ1n) is 7.71. The Hall–Kier alpha value is -0.420. The van der Waals surface area contributed by atoms with Gasteiger partial charge in [-0.05, 0) is 64.4 Å². The summed E-state index contributed by atoms with van der Waals surface area (Å²) in [7, 11) is 0. The molecule has 2 fully saturated rings. The van der Waals surface area contributed by atoms with E-state index in [9.17, 15) is 4.79 Å². The smallest absolute Gasteiger partial charge is 0.408 e. The van der Waals surface area contributed by atoms with E-state index in [1.165, 1.54) is 30.8 Å². The highest BCUT2D eigenvalue weighted by Gasteiger charge is 2.39. The van der Waals surface area contributed by atoms with Crippen molar-refractivity contribution in [2.75, 3.05) is 18.1 Å². The zero-order chi connectivity index (χ0) is 14.6. The van der Waals surface area contributed by atoms with E-state index < -0.39 is 5.60 Å². The first-order chi connectivity index (χ1) is 9.39. The molecule has 0 aromatic carbocycles. The van der Waals surface area contributed by atoms with Crippen molar-refractivity contribution < 1.29 is 9.53 Å². The summed E-state index contributed by atoms with van der Waals surface area (Å²) in [5, 5.41) is 6.75. The minimum atomic E-state index is -0.428. The monoisotopic (exact) mass is 300 g/mol. The summed E-state index contributed by atoms with van der Waals surface area (Å²) in [6.45, 7) is 6.58. The Labute approximate surface area is 126 Å². The van der Waals surface area contributed by atoms with E-state index >= 15 is 0 Å². The Bertz CT molecular complexity index is 331. The van der Waals surface area contributed by atoms with Crippen LogP contribution in [0.2, 0.25) is 0 Å². The van der Waals surface area contributed by atoms with Crippen molar-refractivity contribution in [3.8, 4) is 0 Å². The Morgan fingerprint density at radius 3 is 2.45 bits per heavy atom. The van der Waals surface area contributed by atoms with Crippen molar-refractivity contribution in [1.29, 1.82) is 0 Å². The third-order valence-electron chi connectivity index (χ3n) is 4.03. The lowest BCUT2D eigenvalue weighted by molar-refractivity contribution is 0.0378. The first kappa shape index (κ1) is 16.0. The van der Waals surface area contributed by atoms with E-state index in [0.29, 0.717) is 6.04 Å². The number of nitrogens with one attached hydrogen (secondary N) is 2. The second-order valence-electron chi connectivity index (χ2n) is 7.03. The first-order valence-corrected chi connectivity index (χ1v) is 8.86. The van der Waals surface area contributed by atoms with Gasteiger partial charge < -0.3 is 15.4 Å². The highest BCUT2D eigenvalue weighted by atomic mass is 32.2. The van der Waals surface area contributed by atoms with Gasteiger partial charge in [0.1, 0.15) is 5.60 Å². The Morgan fingerprint density at radius 2 is 1.95 bits per heavy atom. The molecule has 4 nitrogen and oxygen atoms in total. The summed E-state index contributed by atoms with van der Waals surface area (Å²) in [5.41, 5.74) is -0.504. The summed E-state index contributed by atoms with van der Waals surface area (Å²) in [6.07, 6.45) is 5.51. The van der Waals surface area contributed by atoms with Crippen LogP contribution in [-0.2, 0) is 4.74 Å². The van der Waals surface area contributed by atoms with Crippen LogP contribution >= 0.6 is 11.8 Å². The van der Waals surface area contributed by atoms with Crippen LogP contribution in [-0.4, -0.2) is 41.3 Å². The van der Waals surface area contributed by atoms with Gasteiger partial charge in [0.15, 0.2) is 0 Å². The lowest BCUT2D eigenvalue weighted by Crippen LogP contribution is -2.61. The molecule has 1 aliphatic heterocycles. The van der Waals surface area contributed by atoms with E-state index in [2.05, 4.69) is 10.6 Å². The van der Waals surface area contributed by atoms with E-state index in [1.54, 1.807) is 0 Å². The van der Waals surface area contributed by atoms with Crippen molar-refractivity contribution in [2.45, 2.75) is 70.1 Å². The van der Waals surface area contributed by atoms with E-state index in [1.807, 2.05) is 32.5 Å². The lowest BCUT2D eigenvalue weighted by atomic mass is 9.76. The lowest BCUT2D eigenvalue weighted by Gasteiger charge is -2.44. The quantitative estimate of drug-likeness (QED) is 0.838. The molecular formula is C15H28N2O2S. The fourth-order valence-electron chi connectivity index (χ4n) is 2.71. The number of rotatable bonds is 4. The molecule has 2 aliphatic rings. The number of amides is 1. The number of hydrogen-bond acceptors (Lipinski definition) is 4. The van der Waals surface area contributed by atoms with Crippen molar-refractivity contribution >= 4 is 17.9 Å². The average molecular weight is 300 g/mol. The van der Waals surface area contributed by atoms with Crippen LogP contribution in [0.1, 0.15) is 52.9 Å². The number of carbonyl (C=O) groups is 1.